The van der Waals surface area contributed by atoms with Gasteiger partial charge in [0.15, 0.2) is 9.84 Å². The number of benzene rings is 2. The third kappa shape index (κ3) is 4.68. The van der Waals surface area contributed by atoms with Crippen LogP contribution in [-0.4, -0.2) is 41.8 Å². The van der Waals surface area contributed by atoms with Gasteiger partial charge in [-0.3, -0.25) is 0 Å². The van der Waals surface area contributed by atoms with Crippen LogP contribution in [0.2, 0.25) is 0 Å². The lowest BCUT2D eigenvalue weighted by Crippen LogP contribution is -2.20. The van der Waals surface area contributed by atoms with E-state index >= 15 is 4.39 Å². The van der Waals surface area contributed by atoms with Crippen LogP contribution in [-0.2, 0) is 15.6 Å². The molecule has 0 fully saturated rings. The highest BCUT2D eigenvalue weighted by atomic mass is 32.2. The van der Waals surface area contributed by atoms with Crippen molar-refractivity contribution in [2.45, 2.75) is 31.8 Å². The third-order valence-electron chi connectivity index (χ3n) is 6.20. The second-order valence-electron chi connectivity index (χ2n) is 9.01. The number of nitrogens with zero attached hydrogens (tertiary/aromatic N) is 3. The SMILES string of the molecule is Cc1c(-c2cc3nc(Nc4ccc(CS(=O)(=O)C(C)C)cc4)ncc3cc2F)cnc2c1NCCO2. The summed E-state index contributed by atoms with van der Waals surface area (Å²) >= 11 is 0. The van der Waals surface area contributed by atoms with E-state index in [1.54, 1.807) is 56.6 Å². The molecular formula is C26H26FN5O3S. The fourth-order valence-corrected chi connectivity index (χ4v) is 5.01. The van der Waals surface area contributed by atoms with Crippen molar-refractivity contribution in [1.82, 2.24) is 15.0 Å². The molecule has 0 spiro atoms. The van der Waals surface area contributed by atoms with E-state index in [0.717, 1.165) is 11.3 Å². The summed E-state index contributed by atoms with van der Waals surface area (Å²) in [6.07, 6.45) is 3.18. The van der Waals surface area contributed by atoms with Gasteiger partial charge in [-0.1, -0.05) is 12.1 Å². The Morgan fingerprint density at radius 1 is 1.11 bits per heavy atom. The van der Waals surface area contributed by atoms with Gasteiger partial charge in [0.1, 0.15) is 18.1 Å². The van der Waals surface area contributed by atoms with Gasteiger partial charge in [0.2, 0.25) is 11.8 Å². The van der Waals surface area contributed by atoms with Gasteiger partial charge < -0.3 is 15.4 Å². The molecule has 10 heteroatoms. The van der Waals surface area contributed by atoms with Crippen molar-refractivity contribution < 1.29 is 17.5 Å². The number of nitrogens with one attached hydrogen (secondary N) is 2. The highest BCUT2D eigenvalue weighted by Gasteiger charge is 2.20. The van der Waals surface area contributed by atoms with E-state index < -0.39 is 15.1 Å². The van der Waals surface area contributed by atoms with Crippen LogP contribution in [0.15, 0.2) is 48.8 Å². The normalized spacial score (nSPS) is 13.2. The average Bonchev–Trinajstić information content (AvgIpc) is 2.85. The Hall–Kier alpha value is -3.79. The van der Waals surface area contributed by atoms with Crippen LogP contribution >= 0.6 is 0 Å². The van der Waals surface area contributed by atoms with Crippen molar-refractivity contribution >= 4 is 38.1 Å². The Kier molecular flexibility index (Phi) is 6.21. The lowest BCUT2D eigenvalue weighted by Gasteiger charge is -2.21. The third-order valence-corrected chi connectivity index (χ3v) is 8.37. The molecule has 0 saturated heterocycles. The van der Waals surface area contributed by atoms with E-state index in [0.29, 0.717) is 58.3 Å². The molecule has 0 unspecified atom stereocenters. The fourth-order valence-electron chi connectivity index (χ4n) is 4.02. The minimum Gasteiger partial charge on any atom is -0.474 e. The minimum atomic E-state index is -3.18. The summed E-state index contributed by atoms with van der Waals surface area (Å²) < 4.78 is 45.0. The van der Waals surface area contributed by atoms with Crippen LogP contribution in [0.3, 0.4) is 0 Å². The van der Waals surface area contributed by atoms with Crippen molar-refractivity contribution in [2.24, 2.45) is 0 Å². The molecule has 0 bridgehead atoms. The Morgan fingerprint density at radius 3 is 2.64 bits per heavy atom. The minimum absolute atomic E-state index is 0.00955. The quantitative estimate of drug-likeness (QED) is 0.375. The van der Waals surface area contributed by atoms with E-state index in [1.807, 2.05) is 6.92 Å². The number of fused-ring (bicyclic) bond motifs is 2. The number of sulfone groups is 1. The molecule has 5 rings (SSSR count). The van der Waals surface area contributed by atoms with Crippen molar-refractivity contribution in [3.05, 3.63) is 65.7 Å². The molecule has 2 aromatic carbocycles. The first-order chi connectivity index (χ1) is 17.2. The van der Waals surface area contributed by atoms with Gasteiger partial charge in [-0.25, -0.2) is 27.8 Å². The summed E-state index contributed by atoms with van der Waals surface area (Å²) in [5, 5.41) is 6.55. The number of anilines is 3. The number of hydrogen-bond donors (Lipinski definition) is 2. The van der Waals surface area contributed by atoms with Gasteiger partial charge in [-0.05, 0) is 56.2 Å². The lowest BCUT2D eigenvalue weighted by atomic mass is 9.99. The van der Waals surface area contributed by atoms with E-state index in [9.17, 15) is 8.42 Å². The van der Waals surface area contributed by atoms with Crippen LogP contribution in [0.5, 0.6) is 5.88 Å². The zero-order valence-electron chi connectivity index (χ0n) is 20.2. The highest BCUT2D eigenvalue weighted by molar-refractivity contribution is 7.91. The molecule has 4 aromatic rings. The van der Waals surface area contributed by atoms with E-state index in [4.69, 9.17) is 4.74 Å². The largest absolute Gasteiger partial charge is 0.474 e. The molecular weight excluding hydrogens is 481 g/mol. The second-order valence-corrected chi connectivity index (χ2v) is 11.6. The van der Waals surface area contributed by atoms with Crippen LogP contribution in [0.1, 0.15) is 25.0 Å². The molecule has 0 aliphatic carbocycles. The average molecular weight is 508 g/mol. The summed E-state index contributed by atoms with van der Waals surface area (Å²) in [5.74, 6) is 0.466. The molecule has 0 amide bonds. The first kappa shape index (κ1) is 23.9. The summed E-state index contributed by atoms with van der Waals surface area (Å²) in [6, 6.07) is 10.2. The fraction of sp³-hybridized carbons (Fsp3) is 0.269. The number of ether oxygens (including phenoxy) is 1. The summed E-state index contributed by atoms with van der Waals surface area (Å²) in [4.78, 5) is 13.2. The monoisotopic (exact) mass is 507 g/mol. The molecule has 0 atom stereocenters. The van der Waals surface area contributed by atoms with E-state index in [2.05, 4.69) is 25.6 Å². The van der Waals surface area contributed by atoms with Crippen LogP contribution in [0.4, 0.5) is 21.7 Å². The molecule has 1 aliphatic rings. The highest BCUT2D eigenvalue weighted by Crippen LogP contribution is 2.37. The van der Waals surface area contributed by atoms with Crippen molar-refractivity contribution in [3.8, 4) is 17.0 Å². The maximum Gasteiger partial charge on any atom is 0.237 e. The van der Waals surface area contributed by atoms with Crippen molar-refractivity contribution in [1.29, 1.82) is 0 Å². The summed E-state index contributed by atoms with van der Waals surface area (Å²) in [6.45, 7) is 6.46. The smallest absolute Gasteiger partial charge is 0.237 e. The molecule has 1 aliphatic heterocycles. The van der Waals surface area contributed by atoms with Gasteiger partial charge in [0.05, 0.1) is 16.5 Å². The lowest BCUT2D eigenvalue weighted by molar-refractivity contribution is 0.310. The number of aromatic nitrogens is 3. The van der Waals surface area contributed by atoms with Crippen LogP contribution in [0.25, 0.3) is 22.0 Å². The Balaban J connectivity index is 1.43. The topological polar surface area (TPSA) is 106 Å². The Morgan fingerprint density at radius 2 is 1.89 bits per heavy atom. The first-order valence-corrected chi connectivity index (χ1v) is 13.3. The molecule has 0 radical (unpaired) electrons. The van der Waals surface area contributed by atoms with Gasteiger partial charge in [-0.15, -0.1) is 0 Å². The van der Waals surface area contributed by atoms with Gasteiger partial charge in [0.25, 0.3) is 0 Å². The first-order valence-electron chi connectivity index (χ1n) is 11.6. The number of pyridine rings is 1. The molecule has 186 valence electrons. The predicted octanol–water partition coefficient (Wildman–Crippen LogP) is 5.01. The molecule has 0 saturated carbocycles. The zero-order valence-corrected chi connectivity index (χ0v) is 21.0. The number of rotatable bonds is 6. The second kappa shape index (κ2) is 9.34. The van der Waals surface area contributed by atoms with Crippen molar-refractivity contribution in [3.63, 3.8) is 0 Å². The van der Waals surface area contributed by atoms with E-state index in [1.165, 1.54) is 6.07 Å². The van der Waals surface area contributed by atoms with Crippen LogP contribution in [0, 0.1) is 12.7 Å². The maximum atomic E-state index is 15.1. The summed E-state index contributed by atoms with van der Waals surface area (Å²) in [5.41, 5.74) is 4.67. The number of halogens is 1. The van der Waals surface area contributed by atoms with Crippen LogP contribution < -0.4 is 15.4 Å². The molecule has 3 heterocycles. The molecule has 2 aromatic heterocycles. The Labute approximate surface area is 208 Å². The summed E-state index contributed by atoms with van der Waals surface area (Å²) in [7, 11) is -3.18. The predicted molar refractivity (Wildman–Crippen MR) is 139 cm³/mol. The van der Waals surface area contributed by atoms with Gasteiger partial charge >= 0.3 is 0 Å². The molecule has 8 nitrogen and oxygen atoms in total. The number of hydrogen-bond acceptors (Lipinski definition) is 8. The standard InChI is InChI=1S/C26H26FN5O3S/c1-15(2)36(33,34)14-17-4-6-19(7-5-17)31-26-30-12-18-10-22(27)20(11-23(18)32-26)21-13-29-25-24(16(21)3)28-8-9-35-25/h4-7,10-13,15,28H,8-9,14H2,1-3H3,(H,30,31,32). The van der Waals surface area contributed by atoms with E-state index in [-0.39, 0.29) is 11.6 Å². The van der Waals surface area contributed by atoms with Gasteiger partial charge in [0, 0.05) is 41.1 Å². The zero-order chi connectivity index (χ0) is 25.4. The Bertz CT molecular complexity index is 1560. The molecule has 2 N–H and O–H groups in total. The van der Waals surface area contributed by atoms with Gasteiger partial charge in [-0.2, -0.15) is 0 Å². The maximum absolute atomic E-state index is 15.1. The molecule has 36 heavy (non-hydrogen) atoms. The van der Waals surface area contributed by atoms with Crippen molar-refractivity contribution in [2.75, 3.05) is 23.8 Å².